The van der Waals surface area contributed by atoms with Crippen molar-refractivity contribution in [2.24, 2.45) is 0 Å². The molecular formula is C16H20N2O4. The van der Waals surface area contributed by atoms with Crippen molar-refractivity contribution in [2.75, 3.05) is 11.9 Å². The molecule has 2 atom stereocenters. The maximum atomic E-state index is 12.4. The minimum absolute atomic E-state index is 0.0238. The van der Waals surface area contributed by atoms with Crippen LogP contribution in [0.5, 0.6) is 0 Å². The summed E-state index contributed by atoms with van der Waals surface area (Å²) in [5.74, 6) is -1.30. The van der Waals surface area contributed by atoms with Crippen molar-refractivity contribution in [3.05, 3.63) is 29.3 Å². The standard InChI is InChI=1S/C16H20N2O4/c1-9-6-12-7-11(4-5-14(12)18(9)10(2)19)16(22)13(17-3)8-15(20)21/h4-5,7,9,13,17H,6,8H2,1-3H3,(H,20,21). The number of benzene rings is 1. The highest BCUT2D eigenvalue weighted by atomic mass is 16.4. The second-order valence-electron chi connectivity index (χ2n) is 5.59. The van der Waals surface area contributed by atoms with Gasteiger partial charge in [0.15, 0.2) is 5.78 Å². The normalized spacial score (nSPS) is 18.0. The minimum atomic E-state index is -1.02. The van der Waals surface area contributed by atoms with E-state index in [-0.39, 0.29) is 24.2 Å². The van der Waals surface area contributed by atoms with Crippen molar-refractivity contribution in [3.8, 4) is 0 Å². The number of hydrogen-bond donors (Lipinski definition) is 2. The van der Waals surface area contributed by atoms with Crippen molar-refractivity contribution in [1.82, 2.24) is 5.32 Å². The highest BCUT2D eigenvalue weighted by Crippen LogP contribution is 2.33. The van der Waals surface area contributed by atoms with E-state index in [1.807, 2.05) is 6.92 Å². The van der Waals surface area contributed by atoms with Crippen LogP contribution in [0.2, 0.25) is 0 Å². The van der Waals surface area contributed by atoms with Crippen LogP contribution in [-0.2, 0) is 16.0 Å². The molecule has 0 aliphatic carbocycles. The second-order valence-corrected chi connectivity index (χ2v) is 5.59. The Bertz CT molecular complexity index is 627. The van der Waals surface area contributed by atoms with Gasteiger partial charge in [0.25, 0.3) is 0 Å². The number of amides is 1. The monoisotopic (exact) mass is 304 g/mol. The molecule has 1 aromatic rings. The summed E-state index contributed by atoms with van der Waals surface area (Å²) in [6, 6.07) is 4.50. The second kappa shape index (κ2) is 6.27. The fraction of sp³-hybridized carbons (Fsp3) is 0.438. The van der Waals surface area contributed by atoms with Gasteiger partial charge in [0.2, 0.25) is 5.91 Å². The molecule has 22 heavy (non-hydrogen) atoms. The summed E-state index contributed by atoms with van der Waals surface area (Å²) >= 11 is 0. The first-order valence-electron chi connectivity index (χ1n) is 7.21. The van der Waals surface area contributed by atoms with Gasteiger partial charge in [0.05, 0.1) is 12.5 Å². The Balaban J connectivity index is 2.29. The maximum Gasteiger partial charge on any atom is 0.305 e. The van der Waals surface area contributed by atoms with Crippen LogP contribution in [0.25, 0.3) is 0 Å². The lowest BCUT2D eigenvalue weighted by Crippen LogP contribution is -2.36. The van der Waals surface area contributed by atoms with E-state index in [0.717, 1.165) is 11.3 Å². The van der Waals surface area contributed by atoms with Gasteiger partial charge in [-0.05, 0) is 44.2 Å². The summed E-state index contributed by atoms with van der Waals surface area (Å²) < 4.78 is 0. The van der Waals surface area contributed by atoms with Crippen LogP contribution in [0.15, 0.2) is 18.2 Å². The van der Waals surface area contributed by atoms with E-state index < -0.39 is 12.0 Å². The molecule has 0 radical (unpaired) electrons. The molecule has 0 bridgehead atoms. The van der Waals surface area contributed by atoms with Crippen LogP contribution < -0.4 is 10.2 Å². The van der Waals surface area contributed by atoms with E-state index >= 15 is 0 Å². The van der Waals surface area contributed by atoms with Crippen LogP contribution in [0.4, 0.5) is 5.69 Å². The van der Waals surface area contributed by atoms with Gasteiger partial charge < -0.3 is 15.3 Å². The smallest absolute Gasteiger partial charge is 0.305 e. The number of likely N-dealkylation sites (N-methyl/N-ethyl adjacent to an activating group) is 1. The fourth-order valence-corrected chi connectivity index (χ4v) is 2.97. The zero-order chi connectivity index (χ0) is 16.4. The maximum absolute atomic E-state index is 12.4. The molecule has 118 valence electrons. The fourth-order valence-electron chi connectivity index (χ4n) is 2.97. The highest BCUT2D eigenvalue weighted by Gasteiger charge is 2.30. The lowest BCUT2D eigenvalue weighted by Gasteiger charge is -2.20. The lowest BCUT2D eigenvalue weighted by atomic mass is 9.98. The van der Waals surface area contributed by atoms with Gasteiger partial charge in [-0.25, -0.2) is 0 Å². The number of carbonyl (C=O) groups is 3. The molecule has 2 unspecified atom stereocenters. The molecule has 6 heteroatoms. The summed E-state index contributed by atoms with van der Waals surface area (Å²) in [6.45, 7) is 3.48. The largest absolute Gasteiger partial charge is 0.481 e. The van der Waals surface area contributed by atoms with E-state index in [4.69, 9.17) is 5.11 Å². The molecule has 0 aromatic heterocycles. The lowest BCUT2D eigenvalue weighted by molar-refractivity contribution is -0.137. The minimum Gasteiger partial charge on any atom is -0.481 e. The predicted octanol–water partition coefficient (Wildman–Crippen LogP) is 1.23. The Morgan fingerprint density at radius 1 is 1.41 bits per heavy atom. The van der Waals surface area contributed by atoms with Crippen molar-refractivity contribution in [1.29, 1.82) is 0 Å². The first-order valence-corrected chi connectivity index (χ1v) is 7.21. The number of aliphatic carboxylic acids is 1. The molecule has 0 saturated carbocycles. The molecule has 1 aliphatic heterocycles. The van der Waals surface area contributed by atoms with E-state index in [1.54, 1.807) is 30.1 Å². The Morgan fingerprint density at radius 3 is 2.64 bits per heavy atom. The summed E-state index contributed by atoms with van der Waals surface area (Å²) in [6.07, 6.45) is 0.432. The Labute approximate surface area is 129 Å². The molecule has 0 fully saturated rings. The van der Waals surface area contributed by atoms with E-state index in [2.05, 4.69) is 5.32 Å². The average Bonchev–Trinajstić information content (AvgIpc) is 2.78. The number of carbonyl (C=O) groups excluding carboxylic acids is 2. The first-order chi connectivity index (χ1) is 10.3. The number of anilines is 1. The number of carboxylic acid groups (broad SMARTS) is 1. The first kappa shape index (κ1) is 16.2. The van der Waals surface area contributed by atoms with Crippen molar-refractivity contribution < 1.29 is 19.5 Å². The predicted molar refractivity (Wildman–Crippen MR) is 82.2 cm³/mol. The van der Waals surface area contributed by atoms with Crippen LogP contribution in [-0.4, -0.2) is 41.9 Å². The molecule has 2 rings (SSSR count). The Morgan fingerprint density at radius 2 is 2.09 bits per heavy atom. The zero-order valence-electron chi connectivity index (χ0n) is 12.9. The molecule has 2 N–H and O–H groups in total. The molecule has 1 aliphatic rings. The van der Waals surface area contributed by atoms with Gasteiger partial charge in [0.1, 0.15) is 0 Å². The van der Waals surface area contributed by atoms with Crippen molar-refractivity contribution in [3.63, 3.8) is 0 Å². The summed E-state index contributed by atoms with van der Waals surface area (Å²) in [5.41, 5.74) is 2.24. The van der Waals surface area contributed by atoms with E-state index in [9.17, 15) is 14.4 Å². The van der Waals surface area contributed by atoms with Gasteiger partial charge in [-0.1, -0.05) is 0 Å². The highest BCUT2D eigenvalue weighted by molar-refractivity contribution is 6.03. The van der Waals surface area contributed by atoms with Crippen LogP contribution in [0, 0.1) is 0 Å². The molecule has 1 aromatic carbocycles. The number of carboxylic acids is 1. The molecule has 0 saturated heterocycles. The van der Waals surface area contributed by atoms with E-state index in [0.29, 0.717) is 12.0 Å². The van der Waals surface area contributed by atoms with Gasteiger partial charge in [0, 0.05) is 24.2 Å². The third kappa shape index (κ3) is 3.01. The van der Waals surface area contributed by atoms with Crippen LogP contribution >= 0.6 is 0 Å². The molecule has 6 nitrogen and oxygen atoms in total. The molecule has 1 heterocycles. The number of ketones is 1. The SMILES string of the molecule is CNC(CC(=O)O)C(=O)c1ccc2c(c1)CC(C)N2C(C)=O. The van der Waals surface area contributed by atoms with Crippen molar-refractivity contribution >= 4 is 23.3 Å². The summed E-state index contributed by atoms with van der Waals surface area (Å²) in [7, 11) is 1.57. The van der Waals surface area contributed by atoms with Gasteiger partial charge >= 0.3 is 5.97 Å². The number of fused-ring (bicyclic) bond motifs is 1. The molecular weight excluding hydrogens is 284 g/mol. The third-order valence-electron chi connectivity index (χ3n) is 3.96. The topological polar surface area (TPSA) is 86.7 Å². The van der Waals surface area contributed by atoms with Crippen LogP contribution in [0.3, 0.4) is 0 Å². The third-order valence-corrected chi connectivity index (χ3v) is 3.96. The average molecular weight is 304 g/mol. The molecule has 0 spiro atoms. The Kier molecular flexibility index (Phi) is 4.61. The zero-order valence-corrected chi connectivity index (χ0v) is 12.9. The number of rotatable bonds is 5. The van der Waals surface area contributed by atoms with E-state index in [1.165, 1.54) is 6.92 Å². The number of nitrogens with zero attached hydrogens (tertiary/aromatic N) is 1. The van der Waals surface area contributed by atoms with Gasteiger partial charge in [-0.2, -0.15) is 0 Å². The number of hydrogen-bond acceptors (Lipinski definition) is 4. The van der Waals surface area contributed by atoms with Crippen molar-refractivity contribution in [2.45, 2.75) is 38.8 Å². The number of Topliss-reactive ketones (excluding diaryl/α,β-unsaturated/α-hetero) is 1. The number of nitrogens with one attached hydrogen (secondary N) is 1. The van der Waals surface area contributed by atoms with Gasteiger partial charge in [-0.3, -0.25) is 14.4 Å². The Hall–Kier alpha value is -2.21. The van der Waals surface area contributed by atoms with Gasteiger partial charge in [-0.15, -0.1) is 0 Å². The quantitative estimate of drug-likeness (QED) is 0.799. The van der Waals surface area contributed by atoms with Crippen LogP contribution in [0.1, 0.15) is 36.2 Å². The summed E-state index contributed by atoms with van der Waals surface area (Å²) in [4.78, 5) is 36.6. The molecule has 1 amide bonds. The summed E-state index contributed by atoms with van der Waals surface area (Å²) in [5, 5.41) is 11.6.